The van der Waals surface area contributed by atoms with Crippen molar-refractivity contribution in [3.05, 3.63) is 35.5 Å². The number of benzene rings is 1. The van der Waals surface area contributed by atoms with Gasteiger partial charge >= 0.3 is 0 Å². The molecule has 1 aromatic heterocycles. The molecule has 0 amide bonds. The second-order valence-electron chi connectivity index (χ2n) is 4.80. The Hall–Kier alpha value is -1.28. The van der Waals surface area contributed by atoms with Gasteiger partial charge in [0.1, 0.15) is 0 Å². The summed E-state index contributed by atoms with van der Waals surface area (Å²) in [5.41, 5.74) is 10.2. The van der Waals surface area contributed by atoms with Gasteiger partial charge in [0.15, 0.2) is 0 Å². The summed E-state index contributed by atoms with van der Waals surface area (Å²) in [5, 5.41) is 1.33. The van der Waals surface area contributed by atoms with Crippen LogP contribution >= 0.6 is 0 Å². The molecule has 92 valence electrons. The van der Waals surface area contributed by atoms with E-state index < -0.39 is 0 Å². The van der Waals surface area contributed by atoms with Gasteiger partial charge in [-0.3, -0.25) is 0 Å². The molecule has 0 saturated carbocycles. The van der Waals surface area contributed by atoms with Crippen molar-refractivity contribution in [3.8, 4) is 0 Å². The monoisotopic (exact) mass is 230 g/mol. The number of para-hydroxylation sites is 1. The number of aryl methyl sites for hydroxylation is 1. The SMILES string of the molecule is CCc1cccc2c([C@@H](C)[C@@H](N)CC)c[nH]c12. The Morgan fingerprint density at radius 2 is 2.06 bits per heavy atom. The van der Waals surface area contributed by atoms with Crippen molar-refractivity contribution in [3.63, 3.8) is 0 Å². The van der Waals surface area contributed by atoms with E-state index in [1.54, 1.807) is 0 Å². The molecule has 2 atom stereocenters. The largest absolute Gasteiger partial charge is 0.361 e. The van der Waals surface area contributed by atoms with E-state index in [9.17, 15) is 0 Å². The van der Waals surface area contributed by atoms with Crippen LogP contribution in [0, 0.1) is 0 Å². The average molecular weight is 230 g/mol. The Morgan fingerprint density at radius 1 is 1.29 bits per heavy atom. The second kappa shape index (κ2) is 4.92. The molecule has 1 heterocycles. The lowest BCUT2D eigenvalue weighted by molar-refractivity contribution is 0.554. The van der Waals surface area contributed by atoms with E-state index in [1.807, 2.05) is 0 Å². The van der Waals surface area contributed by atoms with Crippen molar-refractivity contribution in [1.29, 1.82) is 0 Å². The van der Waals surface area contributed by atoms with Crippen molar-refractivity contribution in [2.45, 2.75) is 45.6 Å². The van der Waals surface area contributed by atoms with Gasteiger partial charge < -0.3 is 10.7 Å². The van der Waals surface area contributed by atoms with Crippen LogP contribution in [0.4, 0.5) is 0 Å². The minimum absolute atomic E-state index is 0.235. The first kappa shape index (κ1) is 12.2. The van der Waals surface area contributed by atoms with Gasteiger partial charge in [-0.2, -0.15) is 0 Å². The van der Waals surface area contributed by atoms with Crippen LogP contribution in [0.25, 0.3) is 10.9 Å². The fraction of sp³-hybridized carbons (Fsp3) is 0.467. The second-order valence-corrected chi connectivity index (χ2v) is 4.80. The molecule has 2 rings (SSSR count). The molecule has 2 heteroatoms. The molecule has 0 radical (unpaired) electrons. The number of nitrogens with two attached hydrogens (primary N) is 1. The van der Waals surface area contributed by atoms with Crippen LogP contribution < -0.4 is 5.73 Å². The summed E-state index contributed by atoms with van der Waals surface area (Å²) in [6.07, 6.45) is 4.21. The number of aromatic amines is 1. The van der Waals surface area contributed by atoms with E-state index in [2.05, 4.69) is 50.2 Å². The van der Waals surface area contributed by atoms with Crippen molar-refractivity contribution >= 4 is 10.9 Å². The first-order valence-electron chi connectivity index (χ1n) is 6.53. The summed E-state index contributed by atoms with van der Waals surface area (Å²) < 4.78 is 0. The van der Waals surface area contributed by atoms with Crippen molar-refractivity contribution < 1.29 is 0 Å². The van der Waals surface area contributed by atoms with E-state index in [1.165, 1.54) is 22.0 Å². The molecular weight excluding hydrogens is 208 g/mol. The molecule has 0 aliphatic heterocycles. The summed E-state index contributed by atoms with van der Waals surface area (Å²) in [4.78, 5) is 3.41. The number of hydrogen-bond acceptors (Lipinski definition) is 1. The molecule has 3 N–H and O–H groups in total. The third kappa shape index (κ3) is 2.09. The Kier molecular flexibility index (Phi) is 3.53. The number of fused-ring (bicyclic) bond motifs is 1. The van der Waals surface area contributed by atoms with Gasteiger partial charge in [-0.15, -0.1) is 0 Å². The Labute approximate surface area is 103 Å². The van der Waals surface area contributed by atoms with Crippen LogP contribution in [0.15, 0.2) is 24.4 Å². The van der Waals surface area contributed by atoms with Crippen molar-refractivity contribution in [2.24, 2.45) is 5.73 Å². The summed E-state index contributed by atoms with van der Waals surface area (Å²) in [7, 11) is 0. The Balaban J connectivity index is 2.49. The minimum atomic E-state index is 0.235. The van der Waals surface area contributed by atoms with E-state index in [0.29, 0.717) is 5.92 Å². The quantitative estimate of drug-likeness (QED) is 0.828. The zero-order valence-electron chi connectivity index (χ0n) is 11.0. The highest BCUT2D eigenvalue weighted by molar-refractivity contribution is 5.86. The smallest absolute Gasteiger partial charge is 0.0489 e. The zero-order chi connectivity index (χ0) is 12.4. The minimum Gasteiger partial charge on any atom is -0.361 e. The molecule has 17 heavy (non-hydrogen) atoms. The van der Waals surface area contributed by atoms with Crippen LogP contribution in [0.3, 0.4) is 0 Å². The third-order valence-corrected chi connectivity index (χ3v) is 3.82. The number of H-pyrrole nitrogens is 1. The van der Waals surface area contributed by atoms with Crippen LogP contribution in [0.1, 0.15) is 44.2 Å². The lowest BCUT2D eigenvalue weighted by Crippen LogP contribution is -2.25. The van der Waals surface area contributed by atoms with Crippen molar-refractivity contribution in [1.82, 2.24) is 4.98 Å². The van der Waals surface area contributed by atoms with Gasteiger partial charge in [-0.05, 0) is 29.9 Å². The van der Waals surface area contributed by atoms with Gasteiger partial charge in [-0.25, -0.2) is 0 Å². The van der Waals surface area contributed by atoms with Gasteiger partial charge in [0, 0.05) is 23.1 Å². The van der Waals surface area contributed by atoms with E-state index in [4.69, 9.17) is 5.73 Å². The topological polar surface area (TPSA) is 41.8 Å². The maximum Gasteiger partial charge on any atom is 0.0489 e. The van der Waals surface area contributed by atoms with Gasteiger partial charge in [-0.1, -0.05) is 39.0 Å². The molecule has 2 aromatic rings. The fourth-order valence-electron chi connectivity index (χ4n) is 2.49. The summed E-state index contributed by atoms with van der Waals surface area (Å²) >= 11 is 0. The number of hydrogen-bond donors (Lipinski definition) is 2. The van der Waals surface area contributed by atoms with Crippen molar-refractivity contribution in [2.75, 3.05) is 0 Å². The standard InChI is InChI=1S/C15H22N2/c1-4-11-7-6-8-12-13(9-17-15(11)12)10(3)14(16)5-2/h6-10,14,17H,4-5,16H2,1-3H3/t10-,14+/m1/s1. The predicted octanol–water partition coefficient (Wildman–Crippen LogP) is 3.57. The van der Waals surface area contributed by atoms with Crippen LogP contribution in [-0.2, 0) is 6.42 Å². The fourth-order valence-corrected chi connectivity index (χ4v) is 2.49. The molecule has 0 bridgehead atoms. The van der Waals surface area contributed by atoms with Crippen LogP contribution in [0.2, 0.25) is 0 Å². The maximum atomic E-state index is 6.16. The highest BCUT2D eigenvalue weighted by Gasteiger charge is 2.17. The lowest BCUT2D eigenvalue weighted by atomic mass is 9.91. The molecule has 0 fully saturated rings. The number of nitrogens with one attached hydrogen (secondary N) is 1. The molecule has 1 aromatic carbocycles. The van der Waals surface area contributed by atoms with Crippen LogP contribution in [-0.4, -0.2) is 11.0 Å². The molecule has 0 aliphatic rings. The first-order chi connectivity index (χ1) is 8.19. The summed E-state index contributed by atoms with van der Waals surface area (Å²) in [6, 6.07) is 6.76. The van der Waals surface area contributed by atoms with E-state index >= 15 is 0 Å². The van der Waals surface area contributed by atoms with E-state index in [-0.39, 0.29) is 6.04 Å². The number of rotatable bonds is 4. The maximum absolute atomic E-state index is 6.16. The molecule has 2 nitrogen and oxygen atoms in total. The molecule has 0 unspecified atom stereocenters. The van der Waals surface area contributed by atoms with Gasteiger partial charge in [0.2, 0.25) is 0 Å². The number of aromatic nitrogens is 1. The highest BCUT2D eigenvalue weighted by Crippen LogP contribution is 2.29. The molecule has 0 aliphatic carbocycles. The van der Waals surface area contributed by atoms with E-state index in [0.717, 1.165) is 12.8 Å². The Morgan fingerprint density at radius 3 is 2.71 bits per heavy atom. The zero-order valence-corrected chi connectivity index (χ0v) is 11.0. The molecular formula is C15H22N2. The predicted molar refractivity (Wildman–Crippen MR) is 74.4 cm³/mol. The summed E-state index contributed by atoms with van der Waals surface area (Å²) in [6.45, 7) is 6.55. The summed E-state index contributed by atoms with van der Waals surface area (Å²) in [5.74, 6) is 0.404. The van der Waals surface area contributed by atoms with Gasteiger partial charge in [0.25, 0.3) is 0 Å². The normalized spacial score (nSPS) is 15.1. The van der Waals surface area contributed by atoms with Crippen LogP contribution in [0.5, 0.6) is 0 Å². The Bertz CT molecular complexity index is 499. The van der Waals surface area contributed by atoms with Gasteiger partial charge in [0.05, 0.1) is 0 Å². The third-order valence-electron chi connectivity index (χ3n) is 3.82. The first-order valence-corrected chi connectivity index (χ1v) is 6.53. The molecule has 0 spiro atoms. The highest BCUT2D eigenvalue weighted by atomic mass is 14.7. The average Bonchev–Trinajstić information content (AvgIpc) is 2.80. The molecule has 0 saturated heterocycles. The lowest BCUT2D eigenvalue weighted by Gasteiger charge is -2.17.